The van der Waals surface area contributed by atoms with Crippen LogP contribution >= 0.6 is 22.9 Å². The van der Waals surface area contributed by atoms with E-state index >= 15 is 0 Å². The molecular formula is C23H37ClO3S. The van der Waals surface area contributed by atoms with E-state index < -0.39 is 0 Å². The summed E-state index contributed by atoms with van der Waals surface area (Å²) in [5.74, 6) is 1.13. The van der Waals surface area contributed by atoms with Crippen molar-refractivity contribution in [2.75, 3.05) is 13.2 Å². The van der Waals surface area contributed by atoms with Crippen LogP contribution < -0.4 is 0 Å². The fourth-order valence-corrected chi connectivity index (χ4v) is 5.80. The predicted octanol–water partition coefficient (Wildman–Crippen LogP) is 6.60. The van der Waals surface area contributed by atoms with Crippen molar-refractivity contribution < 1.29 is 14.6 Å². The molecule has 0 radical (unpaired) electrons. The molecule has 2 rings (SSSR count). The Morgan fingerprint density at radius 1 is 1.14 bits per heavy atom. The van der Waals surface area contributed by atoms with Gasteiger partial charge in [-0.05, 0) is 56.1 Å². The van der Waals surface area contributed by atoms with Gasteiger partial charge in [-0.2, -0.15) is 0 Å². The number of hydrogen-bond donors (Lipinski definition) is 1. The molecule has 1 aromatic heterocycles. The molecule has 0 saturated heterocycles. The average molecular weight is 429 g/mol. The minimum Gasteiger partial charge on any atom is -0.459 e. The second-order valence-corrected chi connectivity index (χ2v) is 9.82. The molecule has 5 heteroatoms. The quantitative estimate of drug-likeness (QED) is 0.206. The van der Waals surface area contributed by atoms with Crippen LogP contribution in [0.5, 0.6) is 0 Å². The SMILES string of the molecule is CCCCCCCCC1CCC(Cl)[C@@H]1CCCc1ccc(C(=O)OCCO)s1. The third-order valence-corrected chi connectivity index (χ3v) is 7.63. The fraction of sp³-hybridized carbons (Fsp3) is 0.783. The highest BCUT2D eigenvalue weighted by Crippen LogP contribution is 2.41. The number of aryl methyl sites for hydroxylation is 1. The summed E-state index contributed by atoms with van der Waals surface area (Å²) in [6, 6.07) is 3.86. The molecule has 0 bridgehead atoms. The lowest BCUT2D eigenvalue weighted by atomic mass is 9.86. The van der Waals surface area contributed by atoms with E-state index in [0.717, 1.165) is 18.8 Å². The van der Waals surface area contributed by atoms with Crippen molar-refractivity contribution in [1.29, 1.82) is 0 Å². The maximum atomic E-state index is 11.8. The van der Waals surface area contributed by atoms with E-state index in [1.807, 2.05) is 12.1 Å². The van der Waals surface area contributed by atoms with Gasteiger partial charge in [-0.25, -0.2) is 4.79 Å². The minimum atomic E-state index is -0.332. The number of alkyl halides is 1. The van der Waals surface area contributed by atoms with Crippen LogP contribution in [0.2, 0.25) is 0 Å². The normalized spacial score (nSPS) is 21.9. The third kappa shape index (κ3) is 8.04. The number of ether oxygens (including phenoxy) is 1. The number of esters is 1. The zero-order valence-electron chi connectivity index (χ0n) is 17.3. The zero-order chi connectivity index (χ0) is 20.2. The van der Waals surface area contributed by atoms with Gasteiger partial charge in [-0.1, -0.05) is 51.9 Å². The Morgan fingerprint density at radius 3 is 2.71 bits per heavy atom. The summed E-state index contributed by atoms with van der Waals surface area (Å²) in [6.07, 6.45) is 15.3. The van der Waals surface area contributed by atoms with E-state index in [4.69, 9.17) is 21.4 Å². The second-order valence-electron chi connectivity index (χ2n) is 8.09. The van der Waals surface area contributed by atoms with Crippen LogP contribution in [0.4, 0.5) is 0 Å². The summed E-state index contributed by atoms with van der Waals surface area (Å²) in [4.78, 5) is 13.7. The Bertz CT molecular complexity index is 560. The average Bonchev–Trinajstić information content (AvgIpc) is 3.30. The van der Waals surface area contributed by atoms with E-state index in [1.165, 1.54) is 80.4 Å². The number of halogens is 1. The van der Waals surface area contributed by atoms with Crippen molar-refractivity contribution in [3.05, 3.63) is 21.9 Å². The van der Waals surface area contributed by atoms with Gasteiger partial charge >= 0.3 is 5.97 Å². The van der Waals surface area contributed by atoms with Crippen LogP contribution in [-0.2, 0) is 11.2 Å². The van der Waals surface area contributed by atoms with E-state index in [1.54, 1.807) is 0 Å². The molecule has 1 aliphatic rings. The van der Waals surface area contributed by atoms with Crippen molar-refractivity contribution >= 4 is 28.9 Å². The van der Waals surface area contributed by atoms with Gasteiger partial charge in [0.1, 0.15) is 11.5 Å². The maximum absolute atomic E-state index is 11.8. The summed E-state index contributed by atoms with van der Waals surface area (Å²) in [6.45, 7) is 2.19. The Labute approximate surface area is 179 Å². The summed E-state index contributed by atoms with van der Waals surface area (Å²) < 4.78 is 4.98. The van der Waals surface area contributed by atoms with Gasteiger partial charge in [-0.15, -0.1) is 22.9 Å². The van der Waals surface area contributed by atoms with Gasteiger partial charge in [0, 0.05) is 10.3 Å². The molecule has 2 unspecified atom stereocenters. The second kappa shape index (κ2) is 13.6. The highest BCUT2D eigenvalue weighted by atomic mass is 35.5. The van der Waals surface area contributed by atoms with Crippen LogP contribution in [0.15, 0.2) is 12.1 Å². The van der Waals surface area contributed by atoms with Gasteiger partial charge in [0.2, 0.25) is 0 Å². The monoisotopic (exact) mass is 428 g/mol. The van der Waals surface area contributed by atoms with E-state index in [2.05, 4.69) is 6.92 Å². The van der Waals surface area contributed by atoms with E-state index in [0.29, 0.717) is 16.2 Å². The standard InChI is InChI=1S/C23H37ClO3S/c1-2-3-4-5-6-7-9-18-12-14-21(24)20(18)11-8-10-19-13-15-22(28-19)23(26)27-17-16-25/h13,15,18,20-21,25H,2-12,14,16-17H2,1H3/t18?,20-,21?/m1/s1. The Balaban J connectivity index is 1.68. The molecule has 1 saturated carbocycles. The first kappa shape index (κ1) is 23.7. The first-order valence-electron chi connectivity index (χ1n) is 11.2. The number of carbonyl (C=O) groups is 1. The summed E-state index contributed by atoms with van der Waals surface area (Å²) in [5, 5.41) is 9.09. The lowest BCUT2D eigenvalue weighted by molar-refractivity contribution is 0.0439. The highest BCUT2D eigenvalue weighted by Gasteiger charge is 2.33. The summed E-state index contributed by atoms with van der Waals surface area (Å²) in [5.41, 5.74) is 0. The molecule has 1 N–H and O–H groups in total. The van der Waals surface area contributed by atoms with Gasteiger partial charge in [-0.3, -0.25) is 0 Å². The largest absolute Gasteiger partial charge is 0.459 e. The van der Waals surface area contributed by atoms with Gasteiger partial charge in [0.05, 0.1) is 6.61 Å². The lowest BCUT2D eigenvalue weighted by Gasteiger charge is -2.22. The van der Waals surface area contributed by atoms with Crippen molar-refractivity contribution in [3.63, 3.8) is 0 Å². The molecule has 1 aromatic rings. The van der Waals surface area contributed by atoms with E-state index in [9.17, 15) is 4.79 Å². The molecule has 3 atom stereocenters. The Hall–Kier alpha value is -0.580. The third-order valence-electron chi connectivity index (χ3n) is 5.96. The topological polar surface area (TPSA) is 46.5 Å². The molecule has 28 heavy (non-hydrogen) atoms. The molecule has 1 aliphatic carbocycles. The number of rotatable bonds is 14. The van der Waals surface area contributed by atoms with Crippen LogP contribution in [0.25, 0.3) is 0 Å². The molecule has 0 spiro atoms. The van der Waals surface area contributed by atoms with Crippen LogP contribution in [-0.4, -0.2) is 29.7 Å². The van der Waals surface area contributed by atoms with Crippen LogP contribution in [0.1, 0.15) is 92.1 Å². The number of hydrogen-bond acceptors (Lipinski definition) is 4. The molecular weight excluding hydrogens is 392 g/mol. The Morgan fingerprint density at radius 2 is 1.93 bits per heavy atom. The summed E-state index contributed by atoms with van der Waals surface area (Å²) in [7, 11) is 0. The van der Waals surface area contributed by atoms with Gasteiger partial charge < -0.3 is 9.84 Å². The van der Waals surface area contributed by atoms with Gasteiger partial charge in [0.15, 0.2) is 0 Å². The number of unbranched alkanes of at least 4 members (excludes halogenated alkanes) is 5. The first-order chi connectivity index (χ1) is 13.7. The maximum Gasteiger partial charge on any atom is 0.348 e. The van der Waals surface area contributed by atoms with Crippen LogP contribution in [0, 0.1) is 11.8 Å². The molecule has 0 aromatic carbocycles. The predicted molar refractivity (Wildman–Crippen MR) is 118 cm³/mol. The van der Waals surface area contributed by atoms with Gasteiger partial charge in [0.25, 0.3) is 0 Å². The Kier molecular flexibility index (Phi) is 11.5. The number of thiophene rings is 1. The lowest BCUT2D eigenvalue weighted by Crippen LogP contribution is -2.15. The zero-order valence-corrected chi connectivity index (χ0v) is 18.9. The number of carbonyl (C=O) groups excluding carboxylic acids is 1. The van der Waals surface area contributed by atoms with E-state index in [-0.39, 0.29) is 19.2 Å². The smallest absolute Gasteiger partial charge is 0.348 e. The molecule has 1 heterocycles. The molecule has 0 amide bonds. The highest BCUT2D eigenvalue weighted by molar-refractivity contribution is 7.13. The first-order valence-corrected chi connectivity index (χ1v) is 12.4. The van der Waals surface area contributed by atoms with Crippen molar-refractivity contribution in [2.45, 2.75) is 89.4 Å². The van der Waals surface area contributed by atoms with Crippen molar-refractivity contribution in [1.82, 2.24) is 0 Å². The molecule has 3 nitrogen and oxygen atoms in total. The van der Waals surface area contributed by atoms with Crippen LogP contribution in [0.3, 0.4) is 0 Å². The van der Waals surface area contributed by atoms with Crippen molar-refractivity contribution in [3.8, 4) is 0 Å². The summed E-state index contributed by atoms with van der Waals surface area (Å²) >= 11 is 8.16. The number of aliphatic hydroxyl groups is 1. The fourth-order valence-electron chi connectivity index (χ4n) is 4.40. The molecule has 160 valence electrons. The minimum absolute atomic E-state index is 0.0604. The molecule has 0 aliphatic heterocycles. The number of aliphatic hydroxyl groups excluding tert-OH is 1. The molecule has 1 fully saturated rings. The van der Waals surface area contributed by atoms with Crippen molar-refractivity contribution in [2.24, 2.45) is 11.8 Å².